The third-order valence-corrected chi connectivity index (χ3v) is 3.89. The molecule has 3 rings (SSSR count). The summed E-state index contributed by atoms with van der Waals surface area (Å²) in [5.41, 5.74) is 1.89. The van der Waals surface area contributed by atoms with Gasteiger partial charge in [0.2, 0.25) is 0 Å². The van der Waals surface area contributed by atoms with E-state index in [2.05, 4.69) is 6.07 Å². The number of benzene rings is 2. The van der Waals surface area contributed by atoms with Crippen LogP contribution in [-0.2, 0) is 6.54 Å². The minimum atomic E-state index is -1.03. The van der Waals surface area contributed by atoms with Gasteiger partial charge in [-0.1, -0.05) is 45.4 Å². The molecule has 0 aliphatic carbocycles. The third-order valence-electron chi connectivity index (χ3n) is 3.59. The molecule has 0 unspecified atom stereocenters. The summed E-state index contributed by atoms with van der Waals surface area (Å²) in [4.78, 5) is 11.0. The molecule has 1 heterocycles. The minimum Gasteiger partial charge on any atom is -0.478 e. The summed E-state index contributed by atoms with van der Waals surface area (Å²) in [6.07, 6.45) is 0. The first-order valence-corrected chi connectivity index (χ1v) is 9.08. The maximum atomic E-state index is 13.6. The zero-order valence-electron chi connectivity index (χ0n) is 15.8. The maximum absolute atomic E-state index is 13.6. The SMILES string of the molecule is CC.CC.N#Cc1cc2cc(C(=O)O)ccc2n1Cc1ccc(Cl)c(F)c1. The molecular weight excluding hydrogens is 367 g/mol. The summed E-state index contributed by atoms with van der Waals surface area (Å²) < 4.78 is 15.3. The van der Waals surface area contributed by atoms with Crippen LogP contribution in [0.1, 0.15) is 49.3 Å². The first kappa shape index (κ1) is 22.2. The Balaban J connectivity index is 0.000000855. The van der Waals surface area contributed by atoms with Gasteiger partial charge in [0.1, 0.15) is 17.6 Å². The molecule has 0 saturated heterocycles. The van der Waals surface area contributed by atoms with E-state index in [1.807, 2.05) is 27.7 Å². The van der Waals surface area contributed by atoms with Gasteiger partial charge in [0.15, 0.2) is 0 Å². The molecule has 0 amide bonds. The Morgan fingerprint density at radius 1 is 1.15 bits per heavy atom. The molecule has 1 aromatic heterocycles. The van der Waals surface area contributed by atoms with Crippen LogP contribution < -0.4 is 0 Å². The average Bonchev–Trinajstić information content (AvgIpc) is 3.04. The Labute approximate surface area is 163 Å². The van der Waals surface area contributed by atoms with E-state index in [9.17, 15) is 14.4 Å². The minimum absolute atomic E-state index is 0.0396. The second-order valence-corrected chi connectivity index (χ2v) is 5.46. The highest BCUT2D eigenvalue weighted by Crippen LogP contribution is 2.24. The molecule has 0 aliphatic heterocycles. The number of aromatic carboxylic acids is 1. The number of aromatic nitrogens is 1. The lowest BCUT2D eigenvalue weighted by atomic mass is 10.1. The lowest BCUT2D eigenvalue weighted by molar-refractivity contribution is 0.0697. The van der Waals surface area contributed by atoms with Crippen LogP contribution in [0.4, 0.5) is 4.39 Å². The van der Waals surface area contributed by atoms with E-state index in [4.69, 9.17) is 16.7 Å². The molecule has 0 radical (unpaired) electrons. The summed E-state index contributed by atoms with van der Waals surface area (Å²) in [6, 6.07) is 12.8. The molecule has 27 heavy (non-hydrogen) atoms. The van der Waals surface area contributed by atoms with Crippen LogP contribution in [0, 0.1) is 17.1 Å². The first-order chi connectivity index (χ1) is 13.0. The van der Waals surface area contributed by atoms with E-state index in [0.717, 1.165) is 0 Å². The van der Waals surface area contributed by atoms with Crippen molar-refractivity contribution in [3.63, 3.8) is 0 Å². The predicted octanol–water partition coefficient (Wildman–Crippen LogP) is 6.10. The predicted molar refractivity (Wildman–Crippen MR) is 107 cm³/mol. The Morgan fingerprint density at radius 3 is 2.37 bits per heavy atom. The normalized spacial score (nSPS) is 9.52. The molecule has 0 spiro atoms. The monoisotopic (exact) mass is 388 g/mol. The van der Waals surface area contributed by atoms with Gasteiger partial charge >= 0.3 is 5.97 Å². The highest BCUT2D eigenvalue weighted by Gasteiger charge is 2.12. The summed E-state index contributed by atoms with van der Waals surface area (Å²) in [7, 11) is 0. The van der Waals surface area contributed by atoms with Crippen LogP contribution in [0.15, 0.2) is 42.5 Å². The smallest absolute Gasteiger partial charge is 0.335 e. The summed E-state index contributed by atoms with van der Waals surface area (Å²) >= 11 is 5.67. The number of halogens is 2. The largest absolute Gasteiger partial charge is 0.478 e. The molecule has 4 nitrogen and oxygen atoms in total. The van der Waals surface area contributed by atoms with Gasteiger partial charge in [0.05, 0.1) is 10.6 Å². The molecule has 0 bridgehead atoms. The van der Waals surface area contributed by atoms with Crippen molar-refractivity contribution in [1.29, 1.82) is 5.26 Å². The van der Waals surface area contributed by atoms with Crippen molar-refractivity contribution < 1.29 is 14.3 Å². The first-order valence-electron chi connectivity index (χ1n) is 8.70. The molecule has 6 heteroatoms. The van der Waals surface area contributed by atoms with E-state index < -0.39 is 11.8 Å². The van der Waals surface area contributed by atoms with Gasteiger partial charge in [0, 0.05) is 17.4 Å². The van der Waals surface area contributed by atoms with Crippen molar-refractivity contribution >= 4 is 28.5 Å². The number of hydrogen-bond donors (Lipinski definition) is 1. The number of carboxylic acids is 1. The third kappa shape index (κ3) is 5.08. The van der Waals surface area contributed by atoms with Gasteiger partial charge in [-0.15, -0.1) is 0 Å². The Kier molecular flexibility index (Phi) is 8.50. The van der Waals surface area contributed by atoms with E-state index in [-0.39, 0.29) is 17.1 Å². The molecule has 142 valence electrons. The molecule has 2 aromatic carbocycles. The van der Waals surface area contributed by atoms with Gasteiger partial charge in [0.25, 0.3) is 0 Å². The molecule has 1 N–H and O–H groups in total. The van der Waals surface area contributed by atoms with Crippen molar-refractivity contribution in [2.45, 2.75) is 34.2 Å². The maximum Gasteiger partial charge on any atom is 0.335 e. The lowest BCUT2D eigenvalue weighted by Gasteiger charge is -2.08. The van der Waals surface area contributed by atoms with E-state index in [1.165, 1.54) is 24.3 Å². The lowest BCUT2D eigenvalue weighted by Crippen LogP contribution is -2.03. The number of carbonyl (C=O) groups is 1. The number of nitriles is 1. The Morgan fingerprint density at radius 2 is 1.81 bits per heavy atom. The van der Waals surface area contributed by atoms with Crippen LogP contribution in [0.5, 0.6) is 0 Å². The number of fused-ring (bicyclic) bond motifs is 1. The zero-order chi connectivity index (χ0) is 20.6. The van der Waals surface area contributed by atoms with E-state index in [1.54, 1.807) is 22.8 Å². The van der Waals surface area contributed by atoms with Crippen LogP contribution in [-0.4, -0.2) is 15.6 Å². The molecule has 0 saturated carbocycles. The van der Waals surface area contributed by atoms with Gasteiger partial charge in [-0.2, -0.15) is 5.26 Å². The molecule has 0 fully saturated rings. The Hall–Kier alpha value is -2.84. The average molecular weight is 389 g/mol. The zero-order valence-corrected chi connectivity index (χ0v) is 16.5. The van der Waals surface area contributed by atoms with Crippen molar-refractivity contribution in [2.75, 3.05) is 0 Å². The van der Waals surface area contributed by atoms with Crippen molar-refractivity contribution in [3.8, 4) is 6.07 Å². The quantitative estimate of drug-likeness (QED) is 0.589. The van der Waals surface area contributed by atoms with Gasteiger partial charge < -0.3 is 9.67 Å². The van der Waals surface area contributed by atoms with E-state index in [0.29, 0.717) is 22.2 Å². The number of rotatable bonds is 3. The van der Waals surface area contributed by atoms with E-state index >= 15 is 0 Å². The fourth-order valence-corrected chi connectivity index (χ4v) is 2.61. The second-order valence-electron chi connectivity index (χ2n) is 5.05. The van der Waals surface area contributed by atoms with Crippen LogP contribution in [0.25, 0.3) is 10.9 Å². The fourth-order valence-electron chi connectivity index (χ4n) is 2.49. The summed E-state index contributed by atoms with van der Waals surface area (Å²) in [5.74, 6) is -1.55. The van der Waals surface area contributed by atoms with Crippen LogP contribution in [0.2, 0.25) is 5.02 Å². The van der Waals surface area contributed by atoms with Gasteiger partial charge in [-0.3, -0.25) is 0 Å². The number of carboxylic acid groups (broad SMARTS) is 1. The van der Waals surface area contributed by atoms with Crippen LogP contribution in [0.3, 0.4) is 0 Å². The standard InChI is InChI=1S/C17H10ClFN2O2.2C2H6/c18-14-3-1-10(5-15(14)19)9-21-13(8-20)7-12-6-11(17(22)23)2-4-16(12)21;2*1-2/h1-7H,9H2,(H,22,23);2*1-2H3. The van der Waals surface area contributed by atoms with Gasteiger partial charge in [-0.05, 0) is 42.0 Å². The molecule has 0 aliphatic rings. The van der Waals surface area contributed by atoms with Crippen LogP contribution >= 0.6 is 11.6 Å². The highest BCUT2D eigenvalue weighted by atomic mass is 35.5. The topological polar surface area (TPSA) is 66.0 Å². The number of nitrogens with zero attached hydrogens (tertiary/aromatic N) is 2. The van der Waals surface area contributed by atoms with Gasteiger partial charge in [-0.25, -0.2) is 9.18 Å². The summed E-state index contributed by atoms with van der Waals surface area (Å²) in [5, 5.41) is 19.0. The molecule has 0 atom stereocenters. The highest BCUT2D eigenvalue weighted by molar-refractivity contribution is 6.30. The van der Waals surface area contributed by atoms with Crippen molar-refractivity contribution in [2.24, 2.45) is 0 Å². The van der Waals surface area contributed by atoms with Crippen molar-refractivity contribution in [3.05, 3.63) is 70.1 Å². The Bertz CT molecular complexity index is 974. The molecule has 3 aromatic rings. The summed E-state index contributed by atoms with van der Waals surface area (Å²) in [6.45, 7) is 8.28. The fraction of sp³-hybridized carbons (Fsp3) is 0.238. The molecular formula is C21H22ClFN2O2. The van der Waals surface area contributed by atoms with Crippen molar-refractivity contribution in [1.82, 2.24) is 4.57 Å². The number of hydrogen-bond acceptors (Lipinski definition) is 2. The second kappa shape index (κ2) is 10.3.